The molecule has 0 bridgehead atoms. The van der Waals surface area contributed by atoms with E-state index in [1.54, 1.807) is 12.0 Å². The van der Waals surface area contributed by atoms with Crippen LogP contribution in [0.3, 0.4) is 0 Å². The van der Waals surface area contributed by atoms with Crippen molar-refractivity contribution in [1.82, 2.24) is 4.90 Å². The minimum absolute atomic E-state index is 0.000979. The van der Waals surface area contributed by atoms with Gasteiger partial charge >= 0.3 is 0 Å². The third-order valence-corrected chi connectivity index (χ3v) is 4.74. The highest BCUT2D eigenvalue weighted by molar-refractivity contribution is 5.90. The van der Waals surface area contributed by atoms with Crippen LogP contribution in [0.2, 0.25) is 0 Å². The van der Waals surface area contributed by atoms with Crippen LogP contribution in [-0.4, -0.2) is 43.8 Å². The highest BCUT2D eigenvalue weighted by Gasteiger charge is 2.12. The number of aryl methyl sites for hydroxylation is 1. The molecule has 152 valence electrons. The average Bonchev–Trinajstić information content (AvgIpc) is 2.68. The molecule has 0 saturated heterocycles. The topological polar surface area (TPSA) is 51.1 Å². The zero-order valence-electron chi connectivity index (χ0n) is 17.9. The third kappa shape index (κ3) is 5.24. The molecule has 0 aliphatic rings. The first-order chi connectivity index (χ1) is 13.4. The summed E-state index contributed by atoms with van der Waals surface area (Å²) in [5.41, 5.74) is 1.97. The van der Waals surface area contributed by atoms with Crippen molar-refractivity contribution < 1.29 is 14.3 Å². The van der Waals surface area contributed by atoms with Crippen LogP contribution >= 0.6 is 0 Å². The number of benzene rings is 2. The van der Waals surface area contributed by atoms with E-state index in [-0.39, 0.29) is 6.04 Å². The molecule has 28 heavy (non-hydrogen) atoms. The first-order valence-electron chi connectivity index (χ1n) is 9.93. The Hall–Kier alpha value is -2.56. The number of nitrogens with zero attached hydrogens (tertiary/aromatic N) is 2. The van der Waals surface area contributed by atoms with Crippen molar-refractivity contribution in [3.63, 3.8) is 0 Å². The van der Waals surface area contributed by atoms with E-state index < -0.39 is 0 Å². The molecule has 1 unspecified atom stereocenters. The van der Waals surface area contributed by atoms with Gasteiger partial charge in [0, 0.05) is 12.8 Å². The van der Waals surface area contributed by atoms with Gasteiger partial charge in [-0.2, -0.15) is 0 Å². The van der Waals surface area contributed by atoms with E-state index in [4.69, 9.17) is 9.47 Å². The van der Waals surface area contributed by atoms with Crippen molar-refractivity contribution in [2.24, 2.45) is 10.9 Å². The molecular formula is C23H32N2O3. The zero-order valence-corrected chi connectivity index (χ0v) is 17.9. The summed E-state index contributed by atoms with van der Waals surface area (Å²) in [4.78, 5) is 17.7. The maximum Gasteiger partial charge on any atom is 0.210 e. The fraction of sp³-hybridized carbons (Fsp3) is 0.478. The van der Waals surface area contributed by atoms with Gasteiger partial charge in [-0.3, -0.25) is 9.79 Å². The molecule has 0 aliphatic heterocycles. The molecule has 0 aliphatic carbocycles. The zero-order chi connectivity index (χ0) is 20.7. The number of carbonyl (C=O) groups excluding carboxylic acids is 1. The molecule has 0 N–H and O–H groups in total. The van der Waals surface area contributed by atoms with Crippen molar-refractivity contribution >= 4 is 29.1 Å². The quantitative estimate of drug-likeness (QED) is 0.420. The summed E-state index contributed by atoms with van der Waals surface area (Å²) in [6, 6.07) is 8.18. The maximum atomic E-state index is 11.2. The molecular weight excluding hydrogens is 352 g/mol. The first kappa shape index (κ1) is 21.7. The van der Waals surface area contributed by atoms with Gasteiger partial charge in [-0.15, -0.1) is 0 Å². The predicted molar refractivity (Wildman–Crippen MR) is 116 cm³/mol. The van der Waals surface area contributed by atoms with Gasteiger partial charge in [0.05, 0.1) is 25.4 Å². The minimum atomic E-state index is -0.000979. The molecule has 0 spiro atoms. The number of hydrogen-bond acceptors (Lipinski definition) is 4. The monoisotopic (exact) mass is 384 g/mol. The summed E-state index contributed by atoms with van der Waals surface area (Å²) in [6.45, 7) is 11.6. The Kier molecular flexibility index (Phi) is 7.85. The van der Waals surface area contributed by atoms with E-state index in [2.05, 4.69) is 37.9 Å². The molecule has 0 aromatic heterocycles. The van der Waals surface area contributed by atoms with Gasteiger partial charge in [-0.1, -0.05) is 20.8 Å². The largest absolute Gasteiger partial charge is 0.493 e. The van der Waals surface area contributed by atoms with Crippen LogP contribution in [0.1, 0.15) is 39.7 Å². The highest BCUT2D eigenvalue weighted by Crippen LogP contribution is 2.35. The number of ether oxygens (including phenoxy) is 2. The third-order valence-electron chi connectivity index (χ3n) is 4.74. The van der Waals surface area contributed by atoms with Crippen LogP contribution in [-0.2, 0) is 4.79 Å². The van der Waals surface area contributed by atoms with Crippen LogP contribution in [0.25, 0.3) is 10.8 Å². The smallest absolute Gasteiger partial charge is 0.210 e. The van der Waals surface area contributed by atoms with Crippen LogP contribution in [0.4, 0.5) is 5.69 Å². The Morgan fingerprint density at radius 3 is 2.36 bits per heavy atom. The second kappa shape index (κ2) is 10.1. The number of hydrogen-bond donors (Lipinski definition) is 0. The lowest BCUT2D eigenvalue weighted by atomic mass is 10.0. The van der Waals surface area contributed by atoms with E-state index in [0.717, 1.165) is 46.4 Å². The van der Waals surface area contributed by atoms with E-state index in [0.29, 0.717) is 19.1 Å². The normalized spacial score (nSPS) is 12.5. The van der Waals surface area contributed by atoms with Gasteiger partial charge < -0.3 is 14.4 Å². The van der Waals surface area contributed by atoms with Crippen LogP contribution in [0.5, 0.6) is 11.5 Å². The highest BCUT2D eigenvalue weighted by atomic mass is 16.5. The van der Waals surface area contributed by atoms with E-state index in [1.807, 2.05) is 32.2 Å². The summed E-state index contributed by atoms with van der Waals surface area (Å²) in [6.07, 6.45) is 3.58. The molecule has 0 saturated carbocycles. The molecule has 0 fully saturated rings. The molecule has 1 atom stereocenters. The summed E-state index contributed by atoms with van der Waals surface area (Å²) < 4.78 is 11.4. The maximum absolute atomic E-state index is 11.2. The lowest BCUT2D eigenvalue weighted by Gasteiger charge is -2.22. The molecule has 0 radical (unpaired) electrons. The molecule has 2 aromatic carbocycles. The second-order valence-corrected chi connectivity index (χ2v) is 7.38. The molecule has 1 amide bonds. The SMILES string of the molecule is CCC(C=Nc1cc2cc(OC)c(OCC(C)C)cc2cc1C)N(C=O)CC. The number of amides is 1. The lowest BCUT2D eigenvalue weighted by molar-refractivity contribution is -0.118. The number of fused-ring (bicyclic) bond motifs is 1. The minimum Gasteiger partial charge on any atom is -0.493 e. The summed E-state index contributed by atoms with van der Waals surface area (Å²) in [5, 5.41) is 2.13. The van der Waals surface area contributed by atoms with Crippen molar-refractivity contribution in [1.29, 1.82) is 0 Å². The number of aliphatic imine (C=N–C) groups is 1. The molecule has 0 heterocycles. The first-order valence-corrected chi connectivity index (χ1v) is 9.93. The van der Waals surface area contributed by atoms with Crippen molar-refractivity contribution in [2.75, 3.05) is 20.3 Å². The average molecular weight is 385 g/mol. The number of methoxy groups -OCH3 is 1. The Labute approximate surface area is 168 Å². The van der Waals surface area contributed by atoms with Crippen molar-refractivity contribution in [3.8, 4) is 11.5 Å². The van der Waals surface area contributed by atoms with Crippen LogP contribution in [0, 0.1) is 12.8 Å². The van der Waals surface area contributed by atoms with Gasteiger partial charge in [0.2, 0.25) is 6.41 Å². The Bertz CT molecular complexity index is 830. The van der Waals surface area contributed by atoms with Gasteiger partial charge in [0.1, 0.15) is 0 Å². The summed E-state index contributed by atoms with van der Waals surface area (Å²) >= 11 is 0. The Morgan fingerprint density at radius 1 is 1.11 bits per heavy atom. The van der Waals surface area contributed by atoms with E-state index in [1.165, 1.54) is 0 Å². The fourth-order valence-corrected chi connectivity index (χ4v) is 3.06. The fourth-order valence-electron chi connectivity index (χ4n) is 3.06. The van der Waals surface area contributed by atoms with Gasteiger partial charge in [-0.25, -0.2) is 0 Å². The van der Waals surface area contributed by atoms with E-state index in [9.17, 15) is 4.79 Å². The number of rotatable bonds is 10. The molecule has 5 nitrogen and oxygen atoms in total. The Balaban J connectivity index is 2.38. The summed E-state index contributed by atoms with van der Waals surface area (Å²) in [7, 11) is 1.65. The van der Waals surface area contributed by atoms with Gasteiger partial charge in [0.25, 0.3) is 0 Å². The molecule has 2 rings (SSSR count). The van der Waals surface area contributed by atoms with Crippen LogP contribution in [0.15, 0.2) is 29.3 Å². The lowest BCUT2D eigenvalue weighted by Crippen LogP contribution is -2.34. The van der Waals surface area contributed by atoms with Crippen molar-refractivity contribution in [3.05, 3.63) is 29.8 Å². The standard InChI is InChI=1S/C23H32N2O3/c1-7-20(25(8-2)15-26)13-24-21-10-19-11-22(27-6)23(28-14-16(3)4)12-18(19)9-17(21)5/h9-13,15-16,20H,7-8,14H2,1-6H3. The second-order valence-electron chi connectivity index (χ2n) is 7.38. The van der Waals surface area contributed by atoms with Gasteiger partial charge in [0.15, 0.2) is 11.5 Å². The van der Waals surface area contributed by atoms with Crippen LogP contribution < -0.4 is 9.47 Å². The van der Waals surface area contributed by atoms with E-state index >= 15 is 0 Å². The van der Waals surface area contributed by atoms with Crippen molar-refractivity contribution in [2.45, 2.75) is 47.1 Å². The molecule has 2 aromatic rings. The molecule has 5 heteroatoms. The van der Waals surface area contributed by atoms with Gasteiger partial charge in [-0.05, 0) is 66.8 Å². The predicted octanol–water partition coefficient (Wildman–Crippen LogP) is 5.15. The Morgan fingerprint density at radius 2 is 1.79 bits per heavy atom. The summed E-state index contributed by atoms with van der Waals surface area (Å²) in [5.74, 6) is 1.92. The number of carbonyl (C=O) groups is 1.